The van der Waals surface area contributed by atoms with Crippen LogP contribution in [0, 0.1) is 9.39 Å². The topological polar surface area (TPSA) is 35.2 Å². The van der Waals surface area contributed by atoms with Crippen molar-refractivity contribution in [2.45, 2.75) is 32.6 Å². The Balaban J connectivity index is 2.45. The number of nitrogen functional groups attached to an aromatic ring is 1. The minimum atomic E-state index is -0.279. The highest BCUT2D eigenvalue weighted by Crippen LogP contribution is 2.26. The van der Waals surface area contributed by atoms with Crippen molar-refractivity contribution in [2.75, 3.05) is 12.3 Å². The van der Waals surface area contributed by atoms with E-state index in [1.54, 1.807) is 6.07 Å². The van der Waals surface area contributed by atoms with Gasteiger partial charge in [0.15, 0.2) is 0 Å². The van der Waals surface area contributed by atoms with Gasteiger partial charge in [0.25, 0.3) is 0 Å². The summed E-state index contributed by atoms with van der Waals surface area (Å²) in [7, 11) is 0. The quantitative estimate of drug-likeness (QED) is 0.484. The molecular weight excluding hydrogens is 320 g/mol. The molecule has 0 aliphatic carbocycles. The van der Waals surface area contributed by atoms with Gasteiger partial charge in [-0.2, -0.15) is 0 Å². The number of ether oxygens (including phenoxy) is 1. The van der Waals surface area contributed by atoms with E-state index in [-0.39, 0.29) is 5.82 Å². The van der Waals surface area contributed by atoms with Gasteiger partial charge in [-0.1, -0.05) is 26.2 Å². The van der Waals surface area contributed by atoms with Crippen LogP contribution in [0.1, 0.15) is 32.6 Å². The lowest BCUT2D eigenvalue weighted by Gasteiger charge is -2.09. The van der Waals surface area contributed by atoms with Crippen molar-refractivity contribution in [1.82, 2.24) is 0 Å². The van der Waals surface area contributed by atoms with Gasteiger partial charge in [0, 0.05) is 6.07 Å². The second-order valence-electron chi connectivity index (χ2n) is 3.71. The molecule has 0 heterocycles. The van der Waals surface area contributed by atoms with E-state index < -0.39 is 0 Å². The molecule has 4 heteroatoms. The molecule has 0 fully saturated rings. The van der Waals surface area contributed by atoms with Gasteiger partial charge < -0.3 is 10.5 Å². The van der Waals surface area contributed by atoms with Crippen molar-refractivity contribution < 1.29 is 9.13 Å². The Morgan fingerprint density at radius 3 is 2.75 bits per heavy atom. The molecule has 0 aliphatic rings. The highest BCUT2D eigenvalue weighted by Gasteiger charge is 2.06. The zero-order chi connectivity index (χ0) is 12.0. The molecule has 1 rings (SSSR count). The number of halogens is 2. The molecule has 90 valence electrons. The minimum absolute atomic E-state index is 0.279. The lowest BCUT2D eigenvalue weighted by molar-refractivity contribution is 0.305. The Labute approximate surface area is 110 Å². The lowest BCUT2D eigenvalue weighted by atomic mass is 10.2. The van der Waals surface area contributed by atoms with Crippen molar-refractivity contribution >= 4 is 28.3 Å². The summed E-state index contributed by atoms with van der Waals surface area (Å²) < 4.78 is 19.2. The van der Waals surface area contributed by atoms with Crippen molar-refractivity contribution in [3.05, 3.63) is 21.5 Å². The maximum absolute atomic E-state index is 13.2. The number of hydrogen-bond donors (Lipinski definition) is 1. The van der Waals surface area contributed by atoms with Crippen molar-refractivity contribution in [3.8, 4) is 5.75 Å². The van der Waals surface area contributed by atoms with Gasteiger partial charge in [0.1, 0.15) is 11.6 Å². The minimum Gasteiger partial charge on any atom is -0.491 e. The maximum atomic E-state index is 13.2. The number of unbranched alkanes of at least 4 members (excludes halogenated alkanes) is 3. The number of nitrogens with two attached hydrogens (primary N) is 1. The fourth-order valence-corrected chi connectivity index (χ4v) is 1.87. The van der Waals surface area contributed by atoms with E-state index >= 15 is 0 Å². The average molecular weight is 337 g/mol. The first kappa shape index (κ1) is 13.5. The third kappa shape index (κ3) is 4.15. The van der Waals surface area contributed by atoms with Crippen molar-refractivity contribution in [3.63, 3.8) is 0 Å². The second kappa shape index (κ2) is 6.93. The van der Waals surface area contributed by atoms with Crippen molar-refractivity contribution in [2.24, 2.45) is 0 Å². The highest BCUT2D eigenvalue weighted by atomic mass is 127. The summed E-state index contributed by atoms with van der Waals surface area (Å²) in [5, 5.41) is 0. The Kier molecular flexibility index (Phi) is 5.87. The van der Waals surface area contributed by atoms with Crippen LogP contribution in [0.3, 0.4) is 0 Å². The Morgan fingerprint density at radius 2 is 2.06 bits per heavy atom. The molecule has 0 saturated heterocycles. The van der Waals surface area contributed by atoms with Gasteiger partial charge in [-0.15, -0.1) is 0 Å². The molecule has 0 amide bonds. The van der Waals surface area contributed by atoms with Gasteiger partial charge in [0.2, 0.25) is 0 Å². The van der Waals surface area contributed by atoms with Gasteiger partial charge in [-0.05, 0) is 35.1 Å². The van der Waals surface area contributed by atoms with Gasteiger partial charge in [-0.25, -0.2) is 4.39 Å². The fraction of sp³-hybridized carbons (Fsp3) is 0.500. The molecule has 0 aromatic heterocycles. The van der Waals surface area contributed by atoms with E-state index in [0.29, 0.717) is 21.6 Å². The van der Waals surface area contributed by atoms with Crippen LogP contribution in [0.2, 0.25) is 0 Å². The third-order valence-corrected chi connectivity index (χ3v) is 3.13. The Hall–Kier alpha value is -0.520. The fourth-order valence-electron chi connectivity index (χ4n) is 1.38. The average Bonchev–Trinajstić information content (AvgIpc) is 2.25. The van der Waals surface area contributed by atoms with Gasteiger partial charge >= 0.3 is 0 Å². The van der Waals surface area contributed by atoms with Gasteiger partial charge in [0.05, 0.1) is 15.9 Å². The number of anilines is 1. The monoisotopic (exact) mass is 337 g/mol. The smallest absolute Gasteiger partial charge is 0.145 e. The summed E-state index contributed by atoms with van der Waals surface area (Å²) in [6.45, 7) is 2.76. The van der Waals surface area contributed by atoms with E-state index in [9.17, 15) is 4.39 Å². The first-order chi connectivity index (χ1) is 7.65. The second-order valence-corrected chi connectivity index (χ2v) is 4.88. The molecule has 2 nitrogen and oxygen atoms in total. The molecule has 0 unspecified atom stereocenters. The summed E-state index contributed by atoms with van der Waals surface area (Å²) >= 11 is 1.91. The molecule has 0 bridgehead atoms. The molecule has 0 spiro atoms. The number of benzene rings is 1. The largest absolute Gasteiger partial charge is 0.491 e. The third-order valence-electron chi connectivity index (χ3n) is 2.31. The maximum Gasteiger partial charge on any atom is 0.145 e. The molecule has 1 aromatic carbocycles. The molecular formula is C12H17FINO. The normalized spacial score (nSPS) is 10.4. The van der Waals surface area contributed by atoms with E-state index in [4.69, 9.17) is 10.5 Å². The SMILES string of the molecule is CCCCCCOc1cc(F)c(I)cc1N. The zero-order valence-corrected chi connectivity index (χ0v) is 11.6. The predicted molar refractivity (Wildman–Crippen MR) is 73.2 cm³/mol. The van der Waals surface area contributed by atoms with Crippen LogP contribution in [-0.4, -0.2) is 6.61 Å². The highest BCUT2D eigenvalue weighted by molar-refractivity contribution is 14.1. The number of rotatable bonds is 6. The van der Waals surface area contributed by atoms with E-state index in [0.717, 1.165) is 12.8 Å². The molecule has 2 N–H and O–H groups in total. The van der Waals surface area contributed by atoms with E-state index in [2.05, 4.69) is 6.92 Å². The van der Waals surface area contributed by atoms with E-state index in [1.807, 2.05) is 22.6 Å². The summed E-state index contributed by atoms with van der Waals surface area (Å²) in [6.07, 6.45) is 4.53. The van der Waals surface area contributed by atoms with Crippen LogP contribution in [0.5, 0.6) is 5.75 Å². The molecule has 0 aliphatic heterocycles. The standard InChI is InChI=1S/C12H17FINO/c1-2-3-4-5-6-16-12-7-9(13)10(14)8-11(12)15/h7-8H,2-6,15H2,1H3. The molecule has 0 atom stereocenters. The molecule has 0 radical (unpaired) electrons. The summed E-state index contributed by atoms with van der Waals surface area (Å²) in [6, 6.07) is 2.95. The molecule has 16 heavy (non-hydrogen) atoms. The van der Waals surface area contributed by atoms with Crippen LogP contribution in [0.15, 0.2) is 12.1 Å². The summed E-state index contributed by atoms with van der Waals surface area (Å²) in [5.74, 6) is 0.174. The number of hydrogen-bond acceptors (Lipinski definition) is 2. The Morgan fingerprint density at radius 1 is 1.31 bits per heavy atom. The van der Waals surface area contributed by atoms with Crippen LogP contribution in [0.4, 0.5) is 10.1 Å². The first-order valence-corrected chi connectivity index (χ1v) is 6.60. The lowest BCUT2D eigenvalue weighted by Crippen LogP contribution is -2.01. The summed E-state index contributed by atoms with van der Waals surface area (Å²) in [5.41, 5.74) is 6.24. The van der Waals surface area contributed by atoms with Crippen LogP contribution >= 0.6 is 22.6 Å². The van der Waals surface area contributed by atoms with Crippen LogP contribution in [-0.2, 0) is 0 Å². The predicted octanol–water partition coefficient (Wildman–Crippen LogP) is 3.97. The molecule has 1 aromatic rings. The zero-order valence-electron chi connectivity index (χ0n) is 9.43. The van der Waals surface area contributed by atoms with E-state index in [1.165, 1.54) is 18.9 Å². The van der Waals surface area contributed by atoms with Crippen molar-refractivity contribution in [1.29, 1.82) is 0 Å². The van der Waals surface area contributed by atoms with Crippen LogP contribution in [0.25, 0.3) is 0 Å². The molecule has 0 saturated carbocycles. The Bertz CT molecular complexity index is 344. The summed E-state index contributed by atoms with van der Waals surface area (Å²) in [4.78, 5) is 0. The first-order valence-electron chi connectivity index (χ1n) is 5.52. The van der Waals surface area contributed by atoms with Gasteiger partial charge in [-0.3, -0.25) is 0 Å². The van der Waals surface area contributed by atoms with Crippen LogP contribution < -0.4 is 10.5 Å².